The second-order valence-corrected chi connectivity index (χ2v) is 6.66. The van der Waals surface area contributed by atoms with Gasteiger partial charge in [0.2, 0.25) is 0 Å². The van der Waals surface area contributed by atoms with Crippen molar-refractivity contribution in [3.8, 4) is 0 Å². The van der Waals surface area contributed by atoms with E-state index in [1.807, 2.05) is 0 Å². The molecule has 2 aliphatic rings. The molecule has 0 heterocycles. The third-order valence-electron chi connectivity index (χ3n) is 5.56. The minimum atomic E-state index is -0.0129. The Kier molecular flexibility index (Phi) is 6.06. The fourth-order valence-electron chi connectivity index (χ4n) is 4.25. The number of methoxy groups -OCH3 is 1. The molecule has 0 radical (unpaired) electrons. The van der Waals surface area contributed by atoms with Crippen LogP contribution in [0.1, 0.15) is 64.2 Å². The van der Waals surface area contributed by atoms with Gasteiger partial charge in [0.25, 0.3) is 0 Å². The summed E-state index contributed by atoms with van der Waals surface area (Å²) in [4.78, 5) is 22.0. The van der Waals surface area contributed by atoms with Crippen LogP contribution in [-0.4, -0.2) is 19.4 Å². The van der Waals surface area contributed by atoms with Crippen LogP contribution in [-0.2, 0) is 14.3 Å². The number of rotatable bonds is 5. The number of carbonyl (C=O) groups excluding carboxylic acids is 2. The molecule has 2 aliphatic carbocycles. The average molecular weight is 280 g/mol. The molecule has 0 N–H and O–H groups in total. The van der Waals surface area contributed by atoms with Crippen molar-refractivity contribution in [1.29, 1.82) is 0 Å². The number of aldehydes is 1. The van der Waals surface area contributed by atoms with Crippen LogP contribution in [0.15, 0.2) is 0 Å². The van der Waals surface area contributed by atoms with E-state index in [2.05, 4.69) is 0 Å². The Morgan fingerprint density at radius 1 is 1.00 bits per heavy atom. The highest BCUT2D eigenvalue weighted by molar-refractivity contribution is 5.72. The molecular weight excluding hydrogens is 252 g/mol. The zero-order valence-corrected chi connectivity index (χ0v) is 12.7. The largest absolute Gasteiger partial charge is 0.469 e. The van der Waals surface area contributed by atoms with Gasteiger partial charge in [-0.05, 0) is 62.7 Å². The lowest BCUT2D eigenvalue weighted by atomic mass is 9.69. The maximum Gasteiger partial charge on any atom is 0.308 e. The summed E-state index contributed by atoms with van der Waals surface area (Å²) in [5, 5.41) is 0. The molecule has 0 amide bonds. The van der Waals surface area contributed by atoms with Gasteiger partial charge in [-0.2, -0.15) is 0 Å². The van der Waals surface area contributed by atoms with Crippen LogP contribution in [0, 0.1) is 23.7 Å². The third kappa shape index (κ3) is 4.07. The Morgan fingerprint density at radius 2 is 1.55 bits per heavy atom. The predicted molar refractivity (Wildman–Crippen MR) is 78.2 cm³/mol. The van der Waals surface area contributed by atoms with Crippen LogP contribution in [0.5, 0.6) is 0 Å². The first-order valence-electron chi connectivity index (χ1n) is 8.26. The normalized spacial score (nSPS) is 34.5. The van der Waals surface area contributed by atoms with Crippen molar-refractivity contribution in [2.24, 2.45) is 23.7 Å². The van der Waals surface area contributed by atoms with E-state index in [1.165, 1.54) is 45.6 Å². The van der Waals surface area contributed by atoms with Gasteiger partial charge in [-0.3, -0.25) is 4.79 Å². The third-order valence-corrected chi connectivity index (χ3v) is 5.56. The van der Waals surface area contributed by atoms with Crippen LogP contribution >= 0.6 is 0 Å². The van der Waals surface area contributed by atoms with Crippen LogP contribution in [0.3, 0.4) is 0 Å². The molecule has 0 atom stereocenters. The number of carbonyl (C=O) groups is 2. The average Bonchev–Trinajstić information content (AvgIpc) is 2.53. The number of hydrogen-bond acceptors (Lipinski definition) is 3. The second kappa shape index (κ2) is 7.80. The summed E-state index contributed by atoms with van der Waals surface area (Å²) in [7, 11) is 1.50. The summed E-state index contributed by atoms with van der Waals surface area (Å²) in [5.41, 5.74) is 0. The molecule has 3 nitrogen and oxygen atoms in total. The fraction of sp³-hybridized carbons (Fsp3) is 0.882. The first-order chi connectivity index (χ1) is 9.74. The Labute approximate surface area is 122 Å². The van der Waals surface area contributed by atoms with Crippen molar-refractivity contribution >= 4 is 12.3 Å². The van der Waals surface area contributed by atoms with E-state index in [1.54, 1.807) is 0 Å². The van der Waals surface area contributed by atoms with Gasteiger partial charge < -0.3 is 9.53 Å². The maximum atomic E-state index is 11.5. The smallest absolute Gasteiger partial charge is 0.308 e. The summed E-state index contributed by atoms with van der Waals surface area (Å²) >= 11 is 0. The highest BCUT2D eigenvalue weighted by Crippen LogP contribution is 2.42. The molecule has 0 aromatic rings. The van der Waals surface area contributed by atoms with Gasteiger partial charge in [-0.15, -0.1) is 0 Å². The molecule has 0 aromatic carbocycles. The zero-order valence-electron chi connectivity index (χ0n) is 12.7. The summed E-state index contributed by atoms with van der Waals surface area (Å²) in [6.45, 7) is 0. The molecular formula is C17H28O3. The van der Waals surface area contributed by atoms with Gasteiger partial charge in [-0.25, -0.2) is 0 Å². The minimum Gasteiger partial charge on any atom is -0.469 e. The van der Waals surface area contributed by atoms with Gasteiger partial charge in [-0.1, -0.05) is 12.8 Å². The van der Waals surface area contributed by atoms with Crippen molar-refractivity contribution in [1.82, 2.24) is 0 Å². The maximum absolute atomic E-state index is 11.5. The highest BCUT2D eigenvalue weighted by Gasteiger charge is 2.33. The van der Waals surface area contributed by atoms with Gasteiger partial charge in [0.15, 0.2) is 0 Å². The quantitative estimate of drug-likeness (QED) is 0.569. The molecule has 0 aliphatic heterocycles. The van der Waals surface area contributed by atoms with Gasteiger partial charge in [0, 0.05) is 6.42 Å². The summed E-state index contributed by atoms with van der Waals surface area (Å²) in [6, 6.07) is 0. The number of ether oxygens (including phenoxy) is 1. The van der Waals surface area contributed by atoms with Crippen molar-refractivity contribution in [3.05, 3.63) is 0 Å². The monoisotopic (exact) mass is 280 g/mol. The Morgan fingerprint density at radius 3 is 2.05 bits per heavy atom. The molecule has 20 heavy (non-hydrogen) atoms. The van der Waals surface area contributed by atoms with Crippen molar-refractivity contribution in [2.45, 2.75) is 64.2 Å². The molecule has 2 saturated carbocycles. The SMILES string of the molecule is COC(=O)C1CCC(C2CCC(CCC=O)CC2)CC1. The van der Waals surface area contributed by atoms with E-state index in [0.29, 0.717) is 0 Å². The molecule has 3 heteroatoms. The topological polar surface area (TPSA) is 43.4 Å². The van der Waals surface area contributed by atoms with Crippen LogP contribution in [0.4, 0.5) is 0 Å². The van der Waals surface area contributed by atoms with Crippen molar-refractivity contribution in [2.75, 3.05) is 7.11 Å². The first-order valence-corrected chi connectivity index (χ1v) is 8.26. The molecule has 0 aromatic heterocycles. The standard InChI is InChI=1S/C17H28O3/c1-20-17(19)16-10-8-15(9-11-16)14-6-4-13(5-7-14)3-2-12-18/h12-16H,2-11H2,1H3. The van der Waals surface area contributed by atoms with Crippen LogP contribution in [0.25, 0.3) is 0 Å². The lowest BCUT2D eigenvalue weighted by molar-refractivity contribution is -0.147. The lowest BCUT2D eigenvalue weighted by Gasteiger charge is -2.37. The van der Waals surface area contributed by atoms with Gasteiger partial charge in [0.1, 0.15) is 6.29 Å². The Hall–Kier alpha value is -0.860. The Balaban J connectivity index is 1.70. The molecule has 0 bridgehead atoms. The summed E-state index contributed by atoms with van der Waals surface area (Å²) < 4.78 is 4.85. The summed E-state index contributed by atoms with van der Waals surface area (Å²) in [5.74, 6) is 2.60. The van der Waals surface area contributed by atoms with E-state index in [0.717, 1.165) is 49.7 Å². The molecule has 0 spiro atoms. The highest BCUT2D eigenvalue weighted by atomic mass is 16.5. The van der Waals surface area contributed by atoms with E-state index in [-0.39, 0.29) is 11.9 Å². The molecule has 2 rings (SSSR count). The van der Waals surface area contributed by atoms with E-state index >= 15 is 0 Å². The van der Waals surface area contributed by atoms with Crippen molar-refractivity contribution < 1.29 is 14.3 Å². The van der Waals surface area contributed by atoms with Gasteiger partial charge in [0.05, 0.1) is 13.0 Å². The second-order valence-electron chi connectivity index (χ2n) is 6.66. The van der Waals surface area contributed by atoms with Crippen LogP contribution in [0.2, 0.25) is 0 Å². The van der Waals surface area contributed by atoms with E-state index in [9.17, 15) is 9.59 Å². The molecule has 114 valence electrons. The van der Waals surface area contributed by atoms with E-state index in [4.69, 9.17) is 4.74 Å². The number of hydrogen-bond donors (Lipinski definition) is 0. The van der Waals surface area contributed by atoms with Gasteiger partial charge >= 0.3 is 5.97 Å². The molecule has 0 saturated heterocycles. The molecule has 2 fully saturated rings. The van der Waals surface area contributed by atoms with Crippen LogP contribution < -0.4 is 0 Å². The fourth-order valence-corrected chi connectivity index (χ4v) is 4.25. The lowest BCUT2D eigenvalue weighted by Crippen LogP contribution is -2.28. The summed E-state index contributed by atoms with van der Waals surface area (Å²) in [6.07, 6.45) is 12.6. The molecule has 0 unspecified atom stereocenters. The predicted octanol–water partition coefficient (Wildman–Crippen LogP) is 3.75. The minimum absolute atomic E-state index is 0.0129. The van der Waals surface area contributed by atoms with Crippen molar-refractivity contribution in [3.63, 3.8) is 0 Å². The van der Waals surface area contributed by atoms with E-state index < -0.39 is 0 Å². The number of esters is 1. The zero-order chi connectivity index (χ0) is 14.4. The Bertz CT molecular complexity index is 310. The first kappa shape index (κ1) is 15.5.